The van der Waals surface area contributed by atoms with Gasteiger partial charge in [0.05, 0.1) is 6.54 Å². The Hall–Kier alpha value is -2.76. The molecule has 6 nitrogen and oxygen atoms in total. The molecule has 142 valence electrons. The minimum atomic E-state index is -0.207. The third-order valence-corrected chi connectivity index (χ3v) is 5.55. The number of nitrogens with zero attached hydrogens (tertiary/aromatic N) is 2. The fraction of sp³-hybridized carbons (Fsp3) is 0.429. The number of fused-ring (bicyclic) bond motifs is 1. The highest BCUT2D eigenvalue weighted by Crippen LogP contribution is 2.24. The van der Waals surface area contributed by atoms with E-state index in [1.807, 2.05) is 53.1 Å². The normalized spacial score (nSPS) is 20.8. The summed E-state index contributed by atoms with van der Waals surface area (Å²) in [4.78, 5) is 28.3. The lowest BCUT2D eigenvalue weighted by Crippen LogP contribution is -2.48. The van der Waals surface area contributed by atoms with Crippen molar-refractivity contribution in [3.8, 4) is 0 Å². The van der Waals surface area contributed by atoms with Crippen LogP contribution in [0.2, 0.25) is 0 Å². The van der Waals surface area contributed by atoms with Crippen LogP contribution in [-0.4, -0.2) is 53.7 Å². The highest BCUT2D eigenvalue weighted by molar-refractivity contribution is 5.93. The van der Waals surface area contributed by atoms with E-state index < -0.39 is 0 Å². The van der Waals surface area contributed by atoms with Gasteiger partial charge in [0, 0.05) is 24.8 Å². The van der Waals surface area contributed by atoms with Gasteiger partial charge in [-0.1, -0.05) is 37.3 Å². The Balaban J connectivity index is 1.33. The van der Waals surface area contributed by atoms with Crippen molar-refractivity contribution in [1.29, 1.82) is 0 Å². The first kappa shape index (κ1) is 17.6. The van der Waals surface area contributed by atoms with Gasteiger partial charge in [-0.2, -0.15) is 0 Å². The van der Waals surface area contributed by atoms with Crippen LogP contribution >= 0.6 is 0 Å². The van der Waals surface area contributed by atoms with Crippen molar-refractivity contribution in [1.82, 2.24) is 9.80 Å². The molecule has 6 heteroatoms. The van der Waals surface area contributed by atoms with E-state index in [0.717, 1.165) is 35.7 Å². The number of carbonyl (C=O) groups is 2. The van der Waals surface area contributed by atoms with E-state index in [1.54, 1.807) is 0 Å². The highest BCUT2D eigenvalue weighted by atomic mass is 16.6. The van der Waals surface area contributed by atoms with Gasteiger partial charge >= 0.3 is 12.1 Å². The van der Waals surface area contributed by atoms with Gasteiger partial charge in [0.15, 0.2) is 0 Å². The number of urea groups is 1. The Morgan fingerprint density at radius 1 is 1.15 bits per heavy atom. The van der Waals surface area contributed by atoms with Gasteiger partial charge in [-0.15, -0.1) is 0 Å². The second kappa shape index (κ2) is 7.47. The van der Waals surface area contributed by atoms with Crippen molar-refractivity contribution in [2.24, 2.45) is 0 Å². The molecule has 1 N–H and O–H groups in total. The first-order chi connectivity index (χ1) is 13.1. The predicted molar refractivity (Wildman–Crippen MR) is 105 cm³/mol. The number of ether oxygens (including phenoxy) is 1. The molecule has 0 spiro atoms. The lowest BCUT2D eigenvalue weighted by Gasteiger charge is -2.35. The van der Waals surface area contributed by atoms with Crippen molar-refractivity contribution < 1.29 is 14.3 Å². The van der Waals surface area contributed by atoms with Crippen LogP contribution in [0.5, 0.6) is 0 Å². The summed E-state index contributed by atoms with van der Waals surface area (Å²) in [7, 11) is 0. The number of likely N-dealkylation sites (tertiary alicyclic amines) is 1. The van der Waals surface area contributed by atoms with Gasteiger partial charge in [0.2, 0.25) is 0 Å². The van der Waals surface area contributed by atoms with E-state index in [0.29, 0.717) is 19.6 Å². The third-order valence-electron chi connectivity index (χ3n) is 5.55. The number of hydrogen-bond donors (Lipinski definition) is 1. The molecule has 2 aromatic rings. The maximum Gasteiger partial charge on any atom is 0.410 e. The number of piperidine rings is 1. The van der Waals surface area contributed by atoms with E-state index in [9.17, 15) is 9.59 Å². The van der Waals surface area contributed by atoms with Gasteiger partial charge in [-0.05, 0) is 42.2 Å². The zero-order chi connectivity index (χ0) is 18.8. The summed E-state index contributed by atoms with van der Waals surface area (Å²) in [5.74, 6) is 0. The minimum absolute atomic E-state index is 0.00623. The van der Waals surface area contributed by atoms with Gasteiger partial charge in [0.25, 0.3) is 0 Å². The predicted octanol–water partition coefficient (Wildman–Crippen LogP) is 4.07. The molecular formula is C21H25N3O3. The average molecular weight is 367 g/mol. The third kappa shape index (κ3) is 3.70. The number of cyclic esters (lactones) is 1. The first-order valence-corrected chi connectivity index (χ1v) is 9.66. The molecule has 2 fully saturated rings. The van der Waals surface area contributed by atoms with Crippen LogP contribution in [0.25, 0.3) is 10.8 Å². The lowest BCUT2D eigenvalue weighted by atomic mass is 10.0. The van der Waals surface area contributed by atoms with E-state index in [1.165, 1.54) is 0 Å². The molecule has 0 bridgehead atoms. The van der Waals surface area contributed by atoms with Crippen molar-refractivity contribution in [3.63, 3.8) is 0 Å². The summed E-state index contributed by atoms with van der Waals surface area (Å²) in [5.41, 5.74) is 0.801. The summed E-state index contributed by atoms with van der Waals surface area (Å²) < 4.78 is 5.36. The van der Waals surface area contributed by atoms with Crippen LogP contribution in [0.3, 0.4) is 0 Å². The molecule has 2 heterocycles. The Labute approximate surface area is 159 Å². The standard InChI is InChI=1S/C21H25N3O3/c1-2-19-14-24(21(26)27-19)18-9-11-23(12-10-18)20(25)22-17-8-7-15-5-3-4-6-16(15)13-17/h3-8,13,18-19H,2,9-12,14H2,1H3,(H,22,25). The highest BCUT2D eigenvalue weighted by Gasteiger charge is 2.37. The molecule has 1 unspecified atom stereocenters. The monoisotopic (exact) mass is 367 g/mol. The van der Waals surface area contributed by atoms with E-state index in [4.69, 9.17) is 4.74 Å². The topological polar surface area (TPSA) is 61.9 Å². The quantitative estimate of drug-likeness (QED) is 0.890. The number of anilines is 1. The number of carbonyl (C=O) groups excluding carboxylic acids is 2. The maximum atomic E-state index is 12.6. The summed E-state index contributed by atoms with van der Waals surface area (Å²) in [6.07, 6.45) is 2.22. The molecule has 27 heavy (non-hydrogen) atoms. The summed E-state index contributed by atoms with van der Waals surface area (Å²) in [6, 6.07) is 14.1. The van der Waals surface area contributed by atoms with Crippen molar-refractivity contribution in [2.75, 3.05) is 25.0 Å². The maximum absolute atomic E-state index is 12.6. The number of benzene rings is 2. The van der Waals surface area contributed by atoms with Crippen LogP contribution in [0.4, 0.5) is 15.3 Å². The second-order valence-electron chi connectivity index (χ2n) is 7.28. The molecule has 0 aromatic heterocycles. The largest absolute Gasteiger partial charge is 0.444 e. The van der Waals surface area contributed by atoms with Crippen LogP contribution in [0, 0.1) is 0 Å². The number of nitrogens with one attached hydrogen (secondary N) is 1. The van der Waals surface area contributed by atoms with Crippen molar-refractivity contribution in [3.05, 3.63) is 42.5 Å². The second-order valence-corrected chi connectivity index (χ2v) is 7.28. The SMILES string of the molecule is CCC1CN(C2CCN(C(=O)Nc3ccc4ccccc4c3)CC2)C(=O)O1. The summed E-state index contributed by atoms with van der Waals surface area (Å²) in [6.45, 7) is 3.99. The molecule has 0 radical (unpaired) electrons. The average Bonchev–Trinajstić information content (AvgIpc) is 3.09. The number of hydrogen-bond acceptors (Lipinski definition) is 3. The minimum Gasteiger partial charge on any atom is -0.444 e. The van der Waals surface area contributed by atoms with Crippen molar-refractivity contribution >= 4 is 28.6 Å². The first-order valence-electron chi connectivity index (χ1n) is 9.66. The molecule has 1 atom stereocenters. The number of rotatable bonds is 3. The Morgan fingerprint density at radius 3 is 2.59 bits per heavy atom. The Bertz CT molecular complexity index is 845. The molecule has 2 aromatic carbocycles. The Kier molecular flexibility index (Phi) is 4.88. The molecule has 0 aliphatic carbocycles. The molecule has 2 aliphatic rings. The Morgan fingerprint density at radius 2 is 1.89 bits per heavy atom. The zero-order valence-corrected chi connectivity index (χ0v) is 15.6. The zero-order valence-electron chi connectivity index (χ0n) is 15.6. The van der Waals surface area contributed by atoms with Gasteiger partial charge in [-0.3, -0.25) is 0 Å². The van der Waals surface area contributed by atoms with Gasteiger partial charge < -0.3 is 19.9 Å². The summed E-state index contributed by atoms with van der Waals surface area (Å²) >= 11 is 0. The van der Waals surface area contributed by atoms with E-state index in [-0.39, 0.29) is 24.3 Å². The van der Waals surface area contributed by atoms with Crippen molar-refractivity contribution in [2.45, 2.75) is 38.3 Å². The number of amides is 3. The van der Waals surface area contributed by atoms with Crippen LogP contribution < -0.4 is 5.32 Å². The molecular weight excluding hydrogens is 342 g/mol. The smallest absolute Gasteiger partial charge is 0.410 e. The lowest BCUT2D eigenvalue weighted by molar-refractivity contribution is 0.116. The molecule has 4 rings (SSSR count). The fourth-order valence-corrected chi connectivity index (χ4v) is 3.90. The summed E-state index contributed by atoms with van der Waals surface area (Å²) in [5, 5.41) is 5.25. The van der Waals surface area contributed by atoms with Crippen LogP contribution in [-0.2, 0) is 4.74 Å². The van der Waals surface area contributed by atoms with Gasteiger partial charge in [-0.25, -0.2) is 9.59 Å². The molecule has 2 saturated heterocycles. The van der Waals surface area contributed by atoms with Gasteiger partial charge in [0.1, 0.15) is 6.10 Å². The van der Waals surface area contributed by atoms with E-state index in [2.05, 4.69) is 11.4 Å². The fourth-order valence-electron chi connectivity index (χ4n) is 3.90. The molecule has 0 saturated carbocycles. The van der Waals surface area contributed by atoms with Crippen LogP contribution in [0.15, 0.2) is 42.5 Å². The molecule has 2 aliphatic heterocycles. The van der Waals surface area contributed by atoms with E-state index >= 15 is 0 Å². The molecule has 3 amide bonds. The van der Waals surface area contributed by atoms with Crippen LogP contribution in [0.1, 0.15) is 26.2 Å².